The number of carbonyl (C=O) groups is 2. The van der Waals surface area contributed by atoms with Gasteiger partial charge in [0, 0.05) is 6.21 Å². The van der Waals surface area contributed by atoms with Crippen molar-refractivity contribution in [1.29, 1.82) is 0 Å². The predicted octanol–water partition coefficient (Wildman–Crippen LogP) is 1.57. The van der Waals surface area contributed by atoms with Crippen LogP contribution in [0.5, 0.6) is 0 Å². The summed E-state index contributed by atoms with van der Waals surface area (Å²) < 4.78 is 10.3. The van der Waals surface area contributed by atoms with E-state index in [1.807, 2.05) is 0 Å². The first-order valence-corrected chi connectivity index (χ1v) is 6.14. The van der Waals surface area contributed by atoms with Crippen molar-refractivity contribution >= 4 is 18.5 Å². The molecule has 0 fully saturated rings. The van der Waals surface area contributed by atoms with E-state index in [1.54, 1.807) is 42.6 Å². The minimum Gasteiger partial charge on any atom is -0.465 e. The molecule has 0 radical (unpaired) electrons. The molecule has 1 aliphatic rings. The van der Waals surface area contributed by atoms with Crippen LogP contribution in [0.2, 0.25) is 0 Å². The van der Waals surface area contributed by atoms with Crippen LogP contribution in [0.4, 0.5) is 0 Å². The molecule has 0 saturated heterocycles. The zero-order chi connectivity index (χ0) is 14.4. The van der Waals surface area contributed by atoms with Gasteiger partial charge in [0.2, 0.25) is 0 Å². The second-order valence-corrected chi connectivity index (χ2v) is 4.40. The molecule has 20 heavy (non-hydrogen) atoms. The van der Waals surface area contributed by atoms with Crippen molar-refractivity contribution in [2.24, 2.45) is 4.99 Å². The van der Waals surface area contributed by atoms with Gasteiger partial charge in [-0.1, -0.05) is 12.1 Å². The van der Waals surface area contributed by atoms with E-state index in [1.165, 1.54) is 7.11 Å². The summed E-state index contributed by atoms with van der Waals surface area (Å²) in [7, 11) is 1.34. The second-order valence-electron chi connectivity index (χ2n) is 4.40. The highest BCUT2D eigenvalue weighted by molar-refractivity contribution is 5.89. The number of allylic oxidation sites excluding steroid dienone is 1. The summed E-state index contributed by atoms with van der Waals surface area (Å²) in [5.41, 5.74) is 0.348. The van der Waals surface area contributed by atoms with Gasteiger partial charge in [0.25, 0.3) is 0 Å². The Balaban J connectivity index is 2.00. The number of hydrogen-bond acceptors (Lipinski definition) is 5. The normalized spacial score (nSPS) is 20.6. The van der Waals surface area contributed by atoms with Crippen molar-refractivity contribution in [3.05, 3.63) is 47.5 Å². The molecule has 1 aromatic carbocycles. The number of rotatable bonds is 5. The number of carbonyl (C=O) groups excluding carboxylic acids is 2. The molecule has 1 aliphatic heterocycles. The molecule has 0 N–H and O–H groups in total. The summed E-state index contributed by atoms with van der Waals surface area (Å²) in [6, 6.07) is 6.85. The lowest BCUT2D eigenvalue weighted by Gasteiger charge is -2.24. The van der Waals surface area contributed by atoms with Crippen LogP contribution in [0.3, 0.4) is 0 Å². The fraction of sp³-hybridized carbons (Fsp3) is 0.267. The maximum atomic E-state index is 11.3. The molecule has 0 saturated carbocycles. The molecule has 1 heterocycles. The monoisotopic (exact) mass is 273 g/mol. The Kier molecular flexibility index (Phi) is 4.42. The third-order valence-electron chi connectivity index (χ3n) is 2.99. The molecule has 5 nitrogen and oxygen atoms in total. The summed E-state index contributed by atoms with van der Waals surface area (Å²) in [5, 5.41) is 0. The lowest BCUT2D eigenvalue weighted by Crippen LogP contribution is -2.37. The van der Waals surface area contributed by atoms with E-state index >= 15 is 0 Å². The molecular formula is C15H15NO4. The lowest BCUT2D eigenvalue weighted by atomic mass is 10.0. The first-order chi connectivity index (χ1) is 9.69. The van der Waals surface area contributed by atoms with Crippen LogP contribution in [0, 0.1) is 0 Å². The Bertz CT molecular complexity index is 547. The molecule has 0 aliphatic carbocycles. The molecule has 104 valence electrons. The SMILES string of the molecule is COC(=O)c1ccc(COC2(C=O)C=CC=NC2)cc1. The number of aliphatic imine (C=N–C) groups is 1. The van der Waals surface area contributed by atoms with Gasteiger partial charge in [-0.2, -0.15) is 0 Å². The van der Waals surface area contributed by atoms with E-state index in [-0.39, 0.29) is 19.1 Å². The number of benzene rings is 1. The molecule has 1 aromatic rings. The summed E-state index contributed by atoms with van der Waals surface area (Å²) >= 11 is 0. The maximum Gasteiger partial charge on any atom is 0.337 e. The third-order valence-corrected chi connectivity index (χ3v) is 2.99. The van der Waals surface area contributed by atoms with Gasteiger partial charge < -0.3 is 9.47 Å². The number of methoxy groups -OCH3 is 1. The maximum absolute atomic E-state index is 11.3. The number of esters is 1. The Morgan fingerprint density at radius 1 is 1.40 bits per heavy atom. The van der Waals surface area contributed by atoms with E-state index in [9.17, 15) is 9.59 Å². The summed E-state index contributed by atoms with van der Waals surface area (Å²) in [5.74, 6) is -0.383. The van der Waals surface area contributed by atoms with Gasteiger partial charge in [-0.05, 0) is 29.8 Å². The highest BCUT2D eigenvalue weighted by Gasteiger charge is 2.28. The fourth-order valence-electron chi connectivity index (χ4n) is 1.79. The first-order valence-electron chi connectivity index (χ1n) is 6.14. The number of dihydropyridines is 1. The quantitative estimate of drug-likeness (QED) is 0.603. The van der Waals surface area contributed by atoms with Crippen LogP contribution in [-0.2, 0) is 20.9 Å². The topological polar surface area (TPSA) is 65.0 Å². The van der Waals surface area contributed by atoms with E-state index in [0.717, 1.165) is 11.8 Å². The van der Waals surface area contributed by atoms with Gasteiger partial charge in [0.15, 0.2) is 11.9 Å². The van der Waals surface area contributed by atoms with Gasteiger partial charge in [-0.25, -0.2) is 4.79 Å². The fourth-order valence-corrected chi connectivity index (χ4v) is 1.79. The Labute approximate surface area is 116 Å². The van der Waals surface area contributed by atoms with Crippen molar-refractivity contribution in [1.82, 2.24) is 0 Å². The van der Waals surface area contributed by atoms with Crippen molar-refractivity contribution in [2.45, 2.75) is 12.2 Å². The standard InChI is InChI=1S/C15H15NO4/c1-19-14(18)13-5-3-12(4-6-13)9-20-15(11-17)7-2-8-16-10-15/h2-8,11H,9-10H2,1H3. The van der Waals surface area contributed by atoms with Gasteiger partial charge in [-0.15, -0.1) is 0 Å². The zero-order valence-electron chi connectivity index (χ0n) is 11.1. The average molecular weight is 273 g/mol. The van der Waals surface area contributed by atoms with Crippen molar-refractivity contribution in [2.75, 3.05) is 13.7 Å². The van der Waals surface area contributed by atoms with Gasteiger partial charge in [0.1, 0.15) is 0 Å². The molecule has 2 rings (SSSR count). The summed E-state index contributed by atoms with van der Waals surface area (Å²) in [6.45, 7) is 0.549. The number of aldehydes is 1. The van der Waals surface area contributed by atoms with Crippen LogP contribution < -0.4 is 0 Å². The van der Waals surface area contributed by atoms with Crippen LogP contribution in [0.15, 0.2) is 41.4 Å². The summed E-state index contributed by atoms with van der Waals surface area (Å²) in [4.78, 5) is 26.5. The smallest absolute Gasteiger partial charge is 0.337 e. The van der Waals surface area contributed by atoms with Gasteiger partial charge in [-0.3, -0.25) is 9.79 Å². The minimum absolute atomic E-state index is 0.264. The molecule has 0 aromatic heterocycles. The lowest BCUT2D eigenvalue weighted by molar-refractivity contribution is -0.125. The predicted molar refractivity (Wildman–Crippen MR) is 73.9 cm³/mol. The van der Waals surface area contributed by atoms with Crippen LogP contribution in [0.1, 0.15) is 15.9 Å². The molecule has 1 atom stereocenters. The Morgan fingerprint density at radius 3 is 2.70 bits per heavy atom. The largest absolute Gasteiger partial charge is 0.465 e. The van der Waals surface area contributed by atoms with Crippen molar-refractivity contribution in [3.8, 4) is 0 Å². The molecular weight excluding hydrogens is 258 g/mol. The Morgan fingerprint density at radius 2 is 2.15 bits per heavy atom. The zero-order valence-corrected chi connectivity index (χ0v) is 11.1. The second kappa shape index (κ2) is 6.25. The first kappa shape index (κ1) is 14.1. The van der Waals surface area contributed by atoms with Gasteiger partial charge in [0.05, 0.1) is 25.8 Å². The minimum atomic E-state index is -0.990. The molecule has 1 unspecified atom stereocenters. The highest BCUT2D eigenvalue weighted by Crippen LogP contribution is 2.17. The van der Waals surface area contributed by atoms with E-state index in [4.69, 9.17) is 4.74 Å². The van der Waals surface area contributed by atoms with Crippen LogP contribution in [-0.4, -0.2) is 37.7 Å². The summed E-state index contributed by atoms with van der Waals surface area (Å²) in [6.07, 6.45) is 5.77. The van der Waals surface area contributed by atoms with E-state index < -0.39 is 5.60 Å². The molecule has 0 amide bonds. The van der Waals surface area contributed by atoms with Crippen LogP contribution >= 0.6 is 0 Å². The highest BCUT2D eigenvalue weighted by atomic mass is 16.5. The number of nitrogens with zero attached hydrogens (tertiary/aromatic N) is 1. The molecule has 5 heteroatoms. The Hall–Kier alpha value is -2.27. The molecule has 0 bridgehead atoms. The van der Waals surface area contributed by atoms with Crippen molar-refractivity contribution < 1.29 is 19.1 Å². The third kappa shape index (κ3) is 3.19. The van der Waals surface area contributed by atoms with Crippen molar-refractivity contribution in [3.63, 3.8) is 0 Å². The van der Waals surface area contributed by atoms with E-state index in [0.29, 0.717) is 5.56 Å². The van der Waals surface area contributed by atoms with Gasteiger partial charge >= 0.3 is 5.97 Å². The molecule has 0 spiro atoms. The van der Waals surface area contributed by atoms with Crippen LogP contribution in [0.25, 0.3) is 0 Å². The number of hydrogen-bond donors (Lipinski definition) is 0. The number of ether oxygens (including phenoxy) is 2. The van der Waals surface area contributed by atoms with E-state index in [2.05, 4.69) is 9.73 Å². The average Bonchev–Trinajstić information content (AvgIpc) is 2.53.